The molecule has 0 fully saturated rings. The number of nitrogens with one attached hydrogen (secondary N) is 1. The molecule has 220 valence electrons. The fourth-order valence-electron chi connectivity index (χ4n) is 4.52. The molecule has 1 N–H and O–H groups in total. The van der Waals surface area contributed by atoms with Crippen LogP contribution in [0, 0.1) is 5.92 Å². The number of anilines is 1. The van der Waals surface area contributed by atoms with Crippen LogP contribution in [0.5, 0.6) is 0 Å². The quantitative estimate of drug-likeness (QED) is 0.350. The second kappa shape index (κ2) is 12.8. The maximum atomic E-state index is 12.8. The summed E-state index contributed by atoms with van der Waals surface area (Å²) in [5.41, 5.74) is 1.62. The van der Waals surface area contributed by atoms with Gasteiger partial charge in [0.2, 0.25) is 5.91 Å². The van der Waals surface area contributed by atoms with E-state index in [1.165, 1.54) is 23.0 Å². The number of thiophene rings is 1. The number of benzene rings is 1. The Bertz CT molecular complexity index is 1700. The van der Waals surface area contributed by atoms with E-state index in [9.17, 15) is 27.6 Å². The minimum absolute atomic E-state index is 0.0843. The maximum absolute atomic E-state index is 12.8. The summed E-state index contributed by atoms with van der Waals surface area (Å²) in [4.78, 5) is 55.1. The molecule has 0 aliphatic heterocycles. The largest absolute Gasteiger partial charge is 0.465 e. The van der Waals surface area contributed by atoms with Crippen LogP contribution in [0.15, 0.2) is 23.2 Å². The van der Waals surface area contributed by atoms with E-state index >= 15 is 0 Å². The molecule has 0 bridgehead atoms. The molecule has 0 spiro atoms. The first-order valence-electron chi connectivity index (χ1n) is 12.7. The number of sulfone groups is 1. The molecule has 41 heavy (non-hydrogen) atoms. The van der Waals surface area contributed by atoms with E-state index in [1.807, 2.05) is 0 Å². The lowest BCUT2D eigenvalue weighted by Gasteiger charge is -2.18. The van der Waals surface area contributed by atoms with Crippen molar-refractivity contribution in [2.45, 2.75) is 39.7 Å². The number of esters is 2. The van der Waals surface area contributed by atoms with Gasteiger partial charge < -0.3 is 19.4 Å². The zero-order valence-electron chi connectivity index (χ0n) is 22.5. The van der Waals surface area contributed by atoms with Crippen molar-refractivity contribution in [2.24, 2.45) is 10.9 Å². The molecule has 11 nitrogen and oxygen atoms in total. The number of methoxy groups -OCH3 is 1. The number of hydrogen-bond donors (Lipinski definition) is 1. The Hall–Kier alpha value is -3.07. The minimum atomic E-state index is -4.24. The van der Waals surface area contributed by atoms with Crippen molar-refractivity contribution in [1.29, 1.82) is 0 Å². The summed E-state index contributed by atoms with van der Waals surface area (Å²) < 4.78 is 37.5. The summed E-state index contributed by atoms with van der Waals surface area (Å²) in [5.74, 6) is -4.66. The van der Waals surface area contributed by atoms with Crippen LogP contribution in [0.3, 0.4) is 0 Å². The third-order valence-corrected chi connectivity index (χ3v) is 10.1. The second-order valence-electron chi connectivity index (χ2n) is 9.52. The van der Waals surface area contributed by atoms with Crippen LogP contribution in [-0.4, -0.2) is 62.0 Å². The molecule has 0 saturated heterocycles. The SMILES string of the molecule is CCOC(=O)Cn1c(=NC(=O)CS(=O)(=O)CC(=O)Nc2sc3c(c2C(=O)OC)CCC(C)C3)sc2cc(Cl)ccc21. The lowest BCUT2D eigenvalue weighted by Crippen LogP contribution is -2.29. The molecular weight excluding hydrogens is 614 g/mol. The number of fused-ring (bicyclic) bond motifs is 2. The Morgan fingerprint density at radius 2 is 1.95 bits per heavy atom. The predicted molar refractivity (Wildman–Crippen MR) is 156 cm³/mol. The zero-order chi connectivity index (χ0) is 29.9. The van der Waals surface area contributed by atoms with Gasteiger partial charge in [-0.05, 0) is 55.9 Å². The number of nitrogens with zero attached hydrogens (tertiary/aromatic N) is 2. The normalized spacial score (nSPS) is 15.4. The fourth-order valence-corrected chi connectivity index (χ4v) is 8.27. The number of carbonyl (C=O) groups is 4. The Morgan fingerprint density at radius 3 is 2.66 bits per heavy atom. The summed E-state index contributed by atoms with van der Waals surface area (Å²) in [6, 6.07) is 4.91. The van der Waals surface area contributed by atoms with Crippen LogP contribution >= 0.6 is 34.3 Å². The van der Waals surface area contributed by atoms with Gasteiger partial charge in [-0.3, -0.25) is 14.4 Å². The molecule has 1 aliphatic rings. The molecule has 1 aliphatic carbocycles. The molecular formula is C26H28ClN3O8S3. The molecule has 1 unspecified atom stereocenters. The number of ether oxygens (including phenoxy) is 2. The van der Waals surface area contributed by atoms with Crippen LogP contribution in [-0.2, 0) is 53.1 Å². The van der Waals surface area contributed by atoms with Crippen molar-refractivity contribution in [2.75, 3.05) is 30.5 Å². The highest BCUT2D eigenvalue weighted by atomic mass is 35.5. The van der Waals surface area contributed by atoms with Gasteiger partial charge in [0.1, 0.15) is 23.1 Å². The molecule has 1 aromatic carbocycles. The zero-order valence-corrected chi connectivity index (χ0v) is 25.7. The number of thiazole rings is 1. The molecule has 2 aromatic heterocycles. The van der Waals surface area contributed by atoms with Crippen molar-refractivity contribution in [1.82, 2.24) is 4.57 Å². The summed E-state index contributed by atoms with van der Waals surface area (Å²) in [5, 5.41) is 3.20. The van der Waals surface area contributed by atoms with E-state index in [0.29, 0.717) is 27.6 Å². The summed E-state index contributed by atoms with van der Waals surface area (Å²) in [6.45, 7) is 3.67. The first kappa shape index (κ1) is 30.9. The lowest BCUT2D eigenvalue weighted by atomic mass is 9.88. The van der Waals surface area contributed by atoms with Crippen LogP contribution in [0.25, 0.3) is 10.2 Å². The molecule has 1 atom stereocenters. The van der Waals surface area contributed by atoms with E-state index in [0.717, 1.165) is 34.6 Å². The molecule has 2 heterocycles. The summed E-state index contributed by atoms with van der Waals surface area (Å²) >= 11 is 8.36. The number of carbonyl (C=O) groups excluding carboxylic acids is 4. The lowest BCUT2D eigenvalue weighted by molar-refractivity contribution is -0.143. The molecule has 4 rings (SSSR count). The first-order valence-corrected chi connectivity index (χ1v) is 16.5. The van der Waals surface area contributed by atoms with E-state index < -0.39 is 45.1 Å². The van der Waals surface area contributed by atoms with Gasteiger partial charge >= 0.3 is 11.9 Å². The monoisotopic (exact) mass is 641 g/mol. The van der Waals surface area contributed by atoms with Gasteiger partial charge in [0.15, 0.2) is 14.6 Å². The topological polar surface area (TPSA) is 150 Å². The summed E-state index contributed by atoms with van der Waals surface area (Å²) in [7, 11) is -2.99. The van der Waals surface area contributed by atoms with E-state index in [2.05, 4.69) is 17.2 Å². The second-order valence-corrected chi connectivity index (χ2v) is 14.1. The standard InChI is InChI=1S/C26H28ClN3O8S3/c1-4-38-22(33)11-30-17-8-6-15(27)10-19(17)40-26(30)29-21(32)13-41(35,36)12-20(31)28-24-23(25(34)37-3)16-7-5-14(2)9-18(16)39-24/h6,8,10,14H,4-5,7,9,11-13H2,1-3H3,(H,28,31). The van der Waals surface area contributed by atoms with Crippen molar-refractivity contribution in [3.05, 3.63) is 44.0 Å². The van der Waals surface area contributed by atoms with Gasteiger partial charge in [-0.15, -0.1) is 11.3 Å². The van der Waals surface area contributed by atoms with Gasteiger partial charge in [-0.25, -0.2) is 13.2 Å². The predicted octanol–water partition coefficient (Wildman–Crippen LogP) is 3.37. The number of halogens is 1. The van der Waals surface area contributed by atoms with Crippen molar-refractivity contribution in [3.8, 4) is 0 Å². The Kier molecular flexibility index (Phi) is 9.67. The summed E-state index contributed by atoms with van der Waals surface area (Å²) in [6.07, 6.45) is 2.28. The van der Waals surface area contributed by atoms with Crippen LogP contribution in [0.4, 0.5) is 5.00 Å². The van der Waals surface area contributed by atoms with Gasteiger partial charge in [-0.2, -0.15) is 4.99 Å². The number of hydrogen-bond acceptors (Lipinski definition) is 10. The van der Waals surface area contributed by atoms with Crippen molar-refractivity contribution < 1.29 is 37.1 Å². The Balaban J connectivity index is 1.53. The minimum Gasteiger partial charge on any atom is -0.465 e. The third-order valence-electron chi connectivity index (χ3n) is 6.31. The van der Waals surface area contributed by atoms with Crippen molar-refractivity contribution in [3.63, 3.8) is 0 Å². The van der Waals surface area contributed by atoms with Crippen molar-refractivity contribution >= 4 is 83.1 Å². The molecule has 0 radical (unpaired) electrons. The molecule has 2 amide bonds. The fraction of sp³-hybridized carbons (Fsp3) is 0.423. The highest BCUT2D eigenvalue weighted by Gasteiger charge is 2.30. The van der Waals surface area contributed by atoms with Crippen LogP contribution in [0.2, 0.25) is 5.02 Å². The van der Waals surface area contributed by atoms with Gasteiger partial charge in [0.05, 0.1) is 29.5 Å². The Morgan fingerprint density at radius 1 is 1.20 bits per heavy atom. The van der Waals surface area contributed by atoms with Gasteiger partial charge in [0.25, 0.3) is 5.91 Å². The molecule has 0 saturated carbocycles. The maximum Gasteiger partial charge on any atom is 0.341 e. The van der Waals surface area contributed by atoms with Gasteiger partial charge in [-0.1, -0.05) is 29.9 Å². The highest BCUT2D eigenvalue weighted by molar-refractivity contribution is 7.92. The first-order chi connectivity index (χ1) is 19.4. The van der Waals surface area contributed by atoms with Gasteiger partial charge in [0, 0.05) is 9.90 Å². The number of rotatable bonds is 9. The Labute approximate surface area is 249 Å². The van der Waals surface area contributed by atoms with E-state index in [1.54, 1.807) is 25.1 Å². The average Bonchev–Trinajstić information content (AvgIpc) is 3.38. The van der Waals surface area contributed by atoms with E-state index in [-0.39, 0.29) is 28.5 Å². The highest BCUT2D eigenvalue weighted by Crippen LogP contribution is 2.40. The molecule has 15 heteroatoms. The molecule has 3 aromatic rings. The third kappa shape index (κ3) is 7.42. The smallest absolute Gasteiger partial charge is 0.341 e. The van der Waals surface area contributed by atoms with Crippen LogP contribution in [0.1, 0.15) is 41.1 Å². The van der Waals surface area contributed by atoms with E-state index in [4.69, 9.17) is 21.1 Å². The number of aromatic nitrogens is 1. The number of amides is 2. The average molecular weight is 642 g/mol. The van der Waals surface area contributed by atoms with Crippen LogP contribution < -0.4 is 10.1 Å².